The average molecular weight is 272 g/mol. The van der Waals surface area contributed by atoms with E-state index in [1.807, 2.05) is 0 Å². The van der Waals surface area contributed by atoms with E-state index in [2.05, 4.69) is 9.97 Å². The predicted octanol–water partition coefficient (Wildman–Crippen LogP) is 3.18. The molecule has 1 N–H and O–H groups in total. The number of aryl methyl sites for hydroxylation is 1. The minimum atomic E-state index is -0.581. The number of nitrogens with one attached hydrogen (secondary N) is 1. The van der Waals surface area contributed by atoms with Crippen LogP contribution in [0.4, 0.5) is 8.78 Å². The maximum atomic E-state index is 13.7. The quantitative estimate of drug-likeness (QED) is 0.739. The lowest BCUT2D eigenvalue weighted by atomic mass is 10.00. The van der Waals surface area contributed by atoms with Crippen LogP contribution in [-0.4, -0.2) is 9.97 Å². The molecule has 0 fully saturated rings. The van der Waals surface area contributed by atoms with Crippen molar-refractivity contribution in [3.05, 3.63) is 64.2 Å². The number of fused-ring (bicyclic) bond motifs is 1. The third-order valence-electron chi connectivity index (χ3n) is 3.23. The molecule has 0 unspecified atom stereocenters. The predicted molar refractivity (Wildman–Crippen MR) is 72.5 cm³/mol. The Balaban J connectivity index is 2.40. The molecule has 0 radical (unpaired) electrons. The molecule has 1 heterocycles. The molecule has 0 bridgehead atoms. The van der Waals surface area contributed by atoms with Gasteiger partial charge in [0.2, 0.25) is 0 Å². The van der Waals surface area contributed by atoms with Gasteiger partial charge in [0.15, 0.2) is 0 Å². The Hall–Kier alpha value is -2.56. The molecule has 3 nitrogen and oxygen atoms in total. The van der Waals surface area contributed by atoms with E-state index < -0.39 is 11.4 Å². The maximum Gasteiger partial charge on any atom is 0.259 e. The van der Waals surface area contributed by atoms with E-state index in [4.69, 9.17) is 0 Å². The Morgan fingerprint density at radius 3 is 2.65 bits per heavy atom. The van der Waals surface area contributed by atoms with Crippen LogP contribution in [0.2, 0.25) is 0 Å². The van der Waals surface area contributed by atoms with Crippen LogP contribution in [-0.2, 0) is 0 Å². The van der Waals surface area contributed by atoms with Crippen molar-refractivity contribution in [1.82, 2.24) is 9.97 Å². The largest absolute Gasteiger partial charge is 0.313 e. The number of hydrogen-bond acceptors (Lipinski definition) is 2. The molecule has 100 valence electrons. The molecule has 0 aliphatic rings. The number of nitrogens with zero attached hydrogens (tertiary/aromatic N) is 1. The molecular formula is C15H10F2N2O. The Labute approximate surface area is 112 Å². The van der Waals surface area contributed by atoms with E-state index in [1.54, 1.807) is 19.1 Å². The average Bonchev–Trinajstić information content (AvgIpc) is 2.43. The first-order chi connectivity index (χ1) is 9.58. The number of benzene rings is 2. The smallest absolute Gasteiger partial charge is 0.259 e. The molecule has 3 rings (SSSR count). The lowest BCUT2D eigenvalue weighted by Crippen LogP contribution is -2.08. The molecule has 0 aliphatic carbocycles. The van der Waals surface area contributed by atoms with Gasteiger partial charge in [-0.05, 0) is 35.7 Å². The van der Waals surface area contributed by atoms with Crippen LogP contribution in [0.25, 0.3) is 22.0 Å². The summed E-state index contributed by atoms with van der Waals surface area (Å²) in [5.41, 5.74) is 0.996. The van der Waals surface area contributed by atoms with E-state index in [0.29, 0.717) is 16.7 Å². The van der Waals surface area contributed by atoms with Crippen molar-refractivity contribution in [2.24, 2.45) is 0 Å². The van der Waals surface area contributed by atoms with Crippen molar-refractivity contribution in [3.8, 4) is 11.1 Å². The van der Waals surface area contributed by atoms with Crippen molar-refractivity contribution in [3.63, 3.8) is 0 Å². The number of aromatic nitrogens is 2. The zero-order valence-corrected chi connectivity index (χ0v) is 10.6. The fraction of sp³-hybridized carbons (Fsp3) is 0.0667. The van der Waals surface area contributed by atoms with E-state index in [-0.39, 0.29) is 16.7 Å². The number of hydrogen-bond donors (Lipinski definition) is 1. The fourth-order valence-corrected chi connectivity index (χ4v) is 2.15. The lowest BCUT2D eigenvalue weighted by Gasteiger charge is -2.07. The Morgan fingerprint density at radius 1 is 1.10 bits per heavy atom. The van der Waals surface area contributed by atoms with Crippen molar-refractivity contribution in [2.45, 2.75) is 6.92 Å². The monoisotopic (exact) mass is 272 g/mol. The second-order valence-electron chi connectivity index (χ2n) is 4.51. The third-order valence-corrected chi connectivity index (χ3v) is 3.23. The Kier molecular flexibility index (Phi) is 2.82. The summed E-state index contributed by atoms with van der Waals surface area (Å²) in [5, 5.41) is 0.121. The summed E-state index contributed by atoms with van der Waals surface area (Å²) >= 11 is 0. The van der Waals surface area contributed by atoms with Gasteiger partial charge in [-0.3, -0.25) is 4.79 Å². The van der Waals surface area contributed by atoms with Crippen LogP contribution in [0.15, 0.2) is 41.5 Å². The van der Waals surface area contributed by atoms with E-state index in [9.17, 15) is 13.6 Å². The van der Waals surface area contributed by atoms with Crippen molar-refractivity contribution in [1.29, 1.82) is 0 Å². The van der Waals surface area contributed by atoms with Crippen molar-refractivity contribution >= 4 is 10.9 Å². The van der Waals surface area contributed by atoms with Crippen LogP contribution < -0.4 is 5.56 Å². The molecule has 0 saturated heterocycles. The van der Waals surface area contributed by atoms with Gasteiger partial charge in [0.1, 0.15) is 17.2 Å². The summed E-state index contributed by atoms with van der Waals surface area (Å²) < 4.78 is 27.4. The molecule has 1 aromatic heterocycles. The number of aromatic amines is 1. The van der Waals surface area contributed by atoms with Gasteiger partial charge in [-0.25, -0.2) is 13.8 Å². The zero-order valence-electron chi connectivity index (χ0n) is 10.6. The normalized spacial score (nSPS) is 10.9. The van der Waals surface area contributed by atoms with Gasteiger partial charge in [-0.1, -0.05) is 18.2 Å². The molecule has 0 saturated carbocycles. The molecule has 20 heavy (non-hydrogen) atoms. The minimum Gasteiger partial charge on any atom is -0.313 e. The highest BCUT2D eigenvalue weighted by Crippen LogP contribution is 2.28. The van der Waals surface area contributed by atoms with E-state index >= 15 is 0 Å². The first-order valence-electron chi connectivity index (χ1n) is 6.00. The van der Waals surface area contributed by atoms with Crippen LogP contribution in [0, 0.1) is 18.6 Å². The van der Waals surface area contributed by atoms with Gasteiger partial charge >= 0.3 is 0 Å². The van der Waals surface area contributed by atoms with E-state index in [0.717, 1.165) is 6.33 Å². The summed E-state index contributed by atoms with van der Waals surface area (Å²) in [6.45, 7) is 1.65. The second-order valence-corrected chi connectivity index (χ2v) is 4.51. The van der Waals surface area contributed by atoms with Crippen molar-refractivity contribution in [2.75, 3.05) is 0 Å². The molecule has 2 aromatic carbocycles. The van der Waals surface area contributed by atoms with Crippen LogP contribution >= 0.6 is 0 Å². The molecule has 0 atom stereocenters. The van der Waals surface area contributed by atoms with Gasteiger partial charge < -0.3 is 4.98 Å². The molecule has 3 aromatic rings. The fourth-order valence-electron chi connectivity index (χ4n) is 2.15. The lowest BCUT2D eigenvalue weighted by molar-refractivity contribution is 0.619. The maximum absolute atomic E-state index is 13.7. The van der Waals surface area contributed by atoms with Crippen LogP contribution in [0.5, 0.6) is 0 Å². The third kappa shape index (κ3) is 1.87. The topological polar surface area (TPSA) is 45.8 Å². The number of rotatable bonds is 1. The first-order valence-corrected chi connectivity index (χ1v) is 6.00. The molecule has 0 spiro atoms. The molecular weight excluding hydrogens is 262 g/mol. The minimum absolute atomic E-state index is 0.0211. The molecule has 5 heteroatoms. The SMILES string of the molecule is Cc1ccc(-c2ccc(F)c3nc[nH]c(=O)c23)cc1F. The van der Waals surface area contributed by atoms with Gasteiger partial charge in [0.05, 0.1) is 11.7 Å². The summed E-state index contributed by atoms with van der Waals surface area (Å²) in [7, 11) is 0. The molecule has 0 amide bonds. The van der Waals surface area contributed by atoms with Crippen LogP contribution in [0.1, 0.15) is 5.56 Å². The highest BCUT2D eigenvalue weighted by Gasteiger charge is 2.13. The highest BCUT2D eigenvalue weighted by atomic mass is 19.1. The summed E-state index contributed by atoms with van der Waals surface area (Å²) in [6.07, 6.45) is 1.15. The highest BCUT2D eigenvalue weighted by molar-refractivity contribution is 5.94. The molecule has 0 aliphatic heterocycles. The van der Waals surface area contributed by atoms with Crippen LogP contribution in [0.3, 0.4) is 0 Å². The number of H-pyrrole nitrogens is 1. The summed E-state index contributed by atoms with van der Waals surface area (Å²) in [5.74, 6) is -0.956. The number of halogens is 2. The Morgan fingerprint density at radius 2 is 1.90 bits per heavy atom. The van der Waals surface area contributed by atoms with Gasteiger partial charge in [0, 0.05) is 0 Å². The van der Waals surface area contributed by atoms with Gasteiger partial charge in [0.25, 0.3) is 5.56 Å². The zero-order chi connectivity index (χ0) is 14.3. The summed E-state index contributed by atoms with van der Waals surface area (Å²) in [4.78, 5) is 18.2. The van der Waals surface area contributed by atoms with Gasteiger partial charge in [-0.15, -0.1) is 0 Å². The van der Waals surface area contributed by atoms with Gasteiger partial charge in [-0.2, -0.15) is 0 Å². The van der Waals surface area contributed by atoms with E-state index in [1.165, 1.54) is 18.2 Å². The standard InChI is InChI=1S/C15H10F2N2O/c1-8-2-3-9(6-12(8)17)10-4-5-11(16)14-13(10)15(20)19-7-18-14/h2-7H,1H3,(H,18,19,20). The first kappa shape index (κ1) is 12.5. The summed E-state index contributed by atoms with van der Waals surface area (Å²) in [6, 6.07) is 7.32. The Bertz CT molecular complexity index is 871. The second kappa shape index (κ2) is 4.52. The van der Waals surface area contributed by atoms with Crippen molar-refractivity contribution < 1.29 is 8.78 Å².